The van der Waals surface area contributed by atoms with E-state index in [0.717, 1.165) is 0 Å². The first-order valence-corrected chi connectivity index (χ1v) is 32.5. The maximum atomic E-state index is 2.55. The number of para-hydroxylation sites is 2. The standard InChI is InChI=1S/C88H68N2/c1-86(2)76-20-10-6-16-66(76)68-44-40-64(54-78(68)86)89-82-22-12-8-18-72(82)74-50-58(32-46-84(74)89)26-24-56-28-34-60(35-29-56)62-38-42-70-71-43-39-63(53-81(71)88(80(70)52-62)48-14-5-15-49-88)61-36-30-57(31-37-61)25-27-59-33-47-85-75(51-59)73-19-9-13-23-83(73)90(85)65-41-45-69-67-17-7-11-21-77(67)87(3,4)79(69)55-65/h6-13,16-47,50-55H,5,14-15,48-49H2,1-4H3/b26-24+,27-25+. The minimum Gasteiger partial charge on any atom is -0.309 e. The average Bonchev–Trinajstić information content (AvgIpc) is 1.64. The summed E-state index contributed by atoms with van der Waals surface area (Å²) in [4.78, 5) is 0. The molecule has 0 amide bonds. The van der Waals surface area contributed by atoms with E-state index in [1.807, 2.05) is 0 Å². The average molecular weight is 1150 g/mol. The predicted octanol–water partition coefficient (Wildman–Crippen LogP) is 23.4. The van der Waals surface area contributed by atoms with Gasteiger partial charge in [0.2, 0.25) is 0 Å². The van der Waals surface area contributed by atoms with E-state index in [2.05, 4.69) is 316 Å². The zero-order chi connectivity index (χ0) is 60.0. The van der Waals surface area contributed by atoms with Crippen LogP contribution in [0.1, 0.15) is 115 Å². The number of hydrogen-bond donors (Lipinski definition) is 0. The molecule has 1 spiro atoms. The molecule has 0 N–H and O–H groups in total. The first-order chi connectivity index (χ1) is 44.1. The number of fused-ring (bicyclic) bond motifs is 17. The second-order valence-corrected chi connectivity index (χ2v) is 27.1. The largest absolute Gasteiger partial charge is 0.309 e. The Morgan fingerprint density at radius 3 is 1.09 bits per heavy atom. The van der Waals surface area contributed by atoms with Crippen LogP contribution in [0.25, 0.3) is 135 Å². The van der Waals surface area contributed by atoms with Crippen molar-refractivity contribution in [1.82, 2.24) is 9.13 Å². The summed E-state index contributed by atoms with van der Waals surface area (Å²) in [6.07, 6.45) is 15.3. The lowest BCUT2D eigenvalue weighted by molar-refractivity contribution is 0.353. The molecule has 0 saturated heterocycles. The van der Waals surface area contributed by atoms with Gasteiger partial charge in [-0.05, 0) is 197 Å². The van der Waals surface area contributed by atoms with Gasteiger partial charge < -0.3 is 9.13 Å². The molecule has 0 atom stereocenters. The van der Waals surface area contributed by atoms with Gasteiger partial charge in [0.25, 0.3) is 0 Å². The summed E-state index contributed by atoms with van der Waals surface area (Å²) in [7, 11) is 0. The van der Waals surface area contributed by atoms with Crippen LogP contribution >= 0.6 is 0 Å². The molecule has 0 bridgehead atoms. The number of hydrogen-bond acceptors (Lipinski definition) is 0. The van der Waals surface area contributed by atoms with Crippen molar-refractivity contribution >= 4 is 67.9 Å². The SMILES string of the molecule is CC1(C)c2ccccc2-c2ccc(-n3c4ccccc4c4cc(/C=C/c5ccc(-c6ccc7c(c6)C6(CCCCC6)c6cc(-c8ccc(/C=C/c9ccc%10c(c9)c9ccccc9n%10-c9ccc%10c(c9)C(C)(C)c9ccccc9-%10)cc8)ccc6-7)cc5)ccc43)cc21. The van der Waals surface area contributed by atoms with Gasteiger partial charge in [0.1, 0.15) is 0 Å². The van der Waals surface area contributed by atoms with E-state index in [0.29, 0.717) is 0 Å². The fourth-order valence-corrected chi connectivity index (χ4v) is 16.9. The Morgan fingerprint density at radius 2 is 0.622 bits per heavy atom. The molecule has 4 aliphatic rings. The summed E-state index contributed by atoms with van der Waals surface area (Å²) in [5, 5.41) is 5.08. The van der Waals surface area contributed by atoms with Gasteiger partial charge >= 0.3 is 0 Å². The molecule has 0 unspecified atom stereocenters. The van der Waals surface area contributed by atoms with Crippen LogP contribution in [0.4, 0.5) is 0 Å². The van der Waals surface area contributed by atoms with Gasteiger partial charge in [0.15, 0.2) is 0 Å². The summed E-state index contributed by atoms with van der Waals surface area (Å²) in [5.41, 5.74) is 33.9. The molecule has 1 saturated carbocycles. The first-order valence-electron chi connectivity index (χ1n) is 32.5. The monoisotopic (exact) mass is 1150 g/mol. The highest BCUT2D eigenvalue weighted by atomic mass is 15.0. The summed E-state index contributed by atoms with van der Waals surface area (Å²) in [6.45, 7) is 9.45. The highest BCUT2D eigenvalue weighted by molar-refractivity contribution is 6.11. The van der Waals surface area contributed by atoms with Crippen LogP contribution in [-0.2, 0) is 16.2 Å². The van der Waals surface area contributed by atoms with E-state index >= 15 is 0 Å². The number of aromatic nitrogens is 2. The molecule has 430 valence electrons. The third-order valence-electron chi connectivity index (χ3n) is 21.5. The van der Waals surface area contributed by atoms with Crippen molar-refractivity contribution in [3.05, 3.63) is 310 Å². The third kappa shape index (κ3) is 7.96. The lowest BCUT2D eigenvalue weighted by Crippen LogP contribution is -2.28. The van der Waals surface area contributed by atoms with Gasteiger partial charge in [-0.25, -0.2) is 0 Å². The molecular weight excluding hydrogens is 1080 g/mol. The fraction of sp³-hybridized carbons (Fsp3) is 0.136. The zero-order valence-electron chi connectivity index (χ0n) is 51.5. The van der Waals surface area contributed by atoms with Crippen molar-refractivity contribution in [2.24, 2.45) is 0 Å². The van der Waals surface area contributed by atoms with Gasteiger partial charge in [-0.2, -0.15) is 0 Å². The Hall–Kier alpha value is -10.3. The van der Waals surface area contributed by atoms with E-state index in [1.54, 1.807) is 0 Å². The maximum absolute atomic E-state index is 2.55. The highest BCUT2D eigenvalue weighted by Crippen LogP contribution is 2.58. The molecular formula is C88H68N2. The molecule has 12 aromatic carbocycles. The van der Waals surface area contributed by atoms with Crippen LogP contribution < -0.4 is 0 Å². The number of rotatable bonds is 8. The van der Waals surface area contributed by atoms with Crippen LogP contribution in [0.15, 0.2) is 255 Å². The smallest absolute Gasteiger partial charge is 0.0541 e. The Balaban J connectivity index is 0.590. The second kappa shape index (κ2) is 19.9. The third-order valence-corrected chi connectivity index (χ3v) is 21.5. The summed E-state index contributed by atoms with van der Waals surface area (Å²) in [6, 6.07) is 96.6. The highest BCUT2D eigenvalue weighted by Gasteiger charge is 2.44. The van der Waals surface area contributed by atoms with Gasteiger partial charge in [-0.3, -0.25) is 0 Å². The molecule has 14 aromatic rings. The van der Waals surface area contributed by atoms with Crippen LogP contribution in [0.3, 0.4) is 0 Å². The van der Waals surface area contributed by atoms with Crippen molar-refractivity contribution in [1.29, 1.82) is 0 Å². The molecule has 0 radical (unpaired) electrons. The Bertz CT molecular complexity index is 5040. The van der Waals surface area contributed by atoms with E-state index in [1.165, 1.54) is 198 Å². The van der Waals surface area contributed by atoms with Gasteiger partial charge in [-0.1, -0.05) is 253 Å². The molecule has 0 aliphatic heterocycles. The fourth-order valence-electron chi connectivity index (χ4n) is 16.9. The van der Waals surface area contributed by atoms with E-state index in [-0.39, 0.29) is 16.2 Å². The van der Waals surface area contributed by atoms with E-state index < -0.39 is 0 Å². The summed E-state index contributed by atoms with van der Waals surface area (Å²) < 4.78 is 4.91. The Labute approximate surface area is 527 Å². The molecule has 2 nitrogen and oxygen atoms in total. The van der Waals surface area contributed by atoms with Crippen LogP contribution in [-0.4, -0.2) is 9.13 Å². The van der Waals surface area contributed by atoms with Crippen molar-refractivity contribution < 1.29 is 0 Å². The molecule has 4 aliphatic carbocycles. The van der Waals surface area contributed by atoms with Gasteiger partial charge in [-0.15, -0.1) is 0 Å². The van der Waals surface area contributed by atoms with Crippen molar-refractivity contribution in [3.63, 3.8) is 0 Å². The molecule has 90 heavy (non-hydrogen) atoms. The molecule has 18 rings (SSSR count). The van der Waals surface area contributed by atoms with Crippen molar-refractivity contribution in [2.75, 3.05) is 0 Å². The Kier molecular flexibility index (Phi) is 11.7. The van der Waals surface area contributed by atoms with Crippen molar-refractivity contribution in [2.45, 2.75) is 76.0 Å². The summed E-state index contributed by atoms with van der Waals surface area (Å²) >= 11 is 0. The summed E-state index contributed by atoms with van der Waals surface area (Å²) in [5.74, 6) is 0. The molecule has 2 aromatic heterocycles. The first kappa shape index (κ1) is 52.8. The zero-order valence-corrected chi connectivity index (χ0v) is 51.5. The lowest BCUT2D eigenvalue weighted by atomic mass is 9.67. The topological polar surface area (TPSA) is 9.86 Å². The van der Waals surface area contributed by atoms with Crippen LogP contribution in [0.2, 0.25) is 0 Å². The molecule has 1 fully saturated rings. The minimum atomic E-state index is -0.0612. The quantitative estimate of drug-likeness (QED) is 0.134. The lowest BCUT2D eigenvalue weighted by Gasteiger charge is -2.36. The van der Waals surface area contributed by atoms with Gasteiger partial charge in [0, 0.05) is 49.2 Å². The van der Waals surface area contributed by atoms with E-state index in [9.17, 15) is 0 Å². The van der Waals surface area contributed by atoms with Crippen molar-refractivity contribution in [3.8, 4) is 67.0 Å². The number of nitrogens with zero attached hydrogens (tertiary/aromatic N) is 2. The normalized spacial score (nSPS) is 15.5. The predicted molar refractivity (Wildman–Crippen MR) is 381 cm³/mol. The van der Waals surface area contributed by atoms with Crippen LogP contribution in [0, 0.1) is 0 Å². The molecule has 2 heteroatoms. The van der Waals surface area contributed by atoms with Crippen LogP contribution in [0.5, 0.6) is 0 Å². The number of benzene rings is 12. The maximum Gasteiger partial charge on any atom is 0.0541 e. The molecule has 2 heterocycles. The minimum absolute atomic E-state index is 0.0242. The van der Waals surface area contributed by atoms with E-state index in [4.69, 9.17) is 0 Å². The van der Waals surface area contributed by atoms with Gasteiger partial charge in [0.05, 0.1) is 22.1 Å². The Morgan fingerprint density at radius 1 is 0.267 bits per heavy atom. The second-order valence-electron chi connectivity index (χ2n) is 27.1.